The third kappa shape index (κ3) is 10.4. The third-order valence-corrected chi connectivity index (χ3v) is 1.97. The summed E-state index contributed by atoms with van der Waals surface area (Å²) in [5.74, 6) is -0.716. The second kappa shape index (κ2) is 11.4. The number of rotatable bonds is 9. The SMILES string of the molecule is N#CCCOC(=O)CCCCC(=O)OCCC#N. The summed E-state index contributed by atoms with van der Waals surface area (Å²) in [5.41, 5.74) is 0. The minimum Gasteiger partial charge on any atom is -0.465 e. The Morgan fingerprint density at radius 2 is 1.22 bits per heavy atom. The first-order chi connectivity index (χ1) is 8.70. The van der Waals surface area contributed by atoms with E-state index in [1.165, 1.54) is 0 Å². The van der Waals surface area contributed by atoms with Crippen LogP contribution in [0.25, 0.3) is 0 Å². The molecule has 0 saturated heterocycles. The van der Waals surface area contributed by atoms with E-state index >= 15 is 0 Å². The van der Waals surface area contributed by atoms with Crippen LogP contribution in [-0.4, -0.2) is 25.2 Å². The van der Waals surface area contributed by atoms with Gasteiger partial charge in [-0.1, -0.05) is 0 Å². The van der Waals surface area contributed by atoms with Gasteiger partial charge >= 0.3 is 11.9 Å². The summed E-state index contributed by atoms with van der Waals surface area (Å²) in [5, 5.41) is 16.5. The van der Waals surface area contributed by atoms with Crippen LogP contribution in [0.2, 0.25) is 0 Å². The second-order valence-electron chi connectivity index (χ2n) is 3.46. The van der Waals surface area contributed by atoms with Crippen molar-refractivity contribution in [1.29, 1.82) is 10.5 Å². The Bertz CT molecular complexity index is 307. The average molecular weight is 252 g/mol. The number of esters is 2. The van der Waals surface area contributed by atoms with Crippen LogP contribution in [-0.2, 0) is 19.1 Å². The highest BCUT2D eigenvalue weighted by atomic mass is 16.5. The van der Waals surface area contributed by atoms with E-state index in [2.05, 4.69) is 0 Å². The van der Waals surface area contributed by atoms with Gasteiger partial charge in [0.1, 0.15) is 13.2 Å². The highest BCUT2D eigenvalue weighted by Crippen LogP contribution is 2.03. The molecule has 0 aromatic rings. The first-order valence-electron chi connectivity index (χ1n) is 5.76. The zero-order valence-corrected chi connectivity index (χ0v) is 10.2. The van der Waals surface area contributed by atoms with Crippen molar-refractivity contribution in [3.8, 4) is 12.1 Å². The quantitative estimate of drug-likeness (QED) is 0.455. The smallest absolute Gasteiger partial charge is 0.305 e. The predicted molar refractivity (Wildman–Crippen MR) is 60.8 cm³/mol. The van der Waals surface area contributed by atoms with Gasteiger partial charge in [-0.2, -0.15) is 10.5 Å². The minimum atomic E-state index is -0.358. The Kier molecular flexibility index (Phi) is 10.1. The lowest BCUT2D eigenvalue weighted by molar-refractivity contribution is -0.145. The molecule has 0 unspecified atom stereocenters. The van der Waals surface area contributed by atoms with Gasteiger partial charge < -0.3 is 9.47 Å². The number of hydrogen-bond acceptors (Lipinski definition) is 6. The summed E-state index contributed by atoms with van der Waals surface area (Å²) in [6.45, 7) is 0.233. The Balaban J connectivity index is 3.39. The van der Waals surface area contributed by atoms with Crippen molar-refractivity contribution in [3.05, 3.63) is 0 Å². The van der Waals surface area contributed by atoms with Crippen LogP contribution in [0.5, 0.6) is 0 Å². The Morgan fingerprint density at radius 3 is 1.56 bits per heavy atom. The zero-order valence-electron chi connectivity index (χ0n) is 10.2. The van der Waals surface area contributed by atoms with E-state index in [-0.39, 0.29) is 50.8 Å². The van der Waals surface area contributed by atoms with Gasteiger partial charge in [-0.3, -0.25) is 9.59 Å². The van der Waals surface area contributed by atoms with Crippen molar-refractivity contribution in [3.63, 3.8) is 0 Å². The number of carbonyl (C=O) groups is 2. The molecular weight excluding hydrogens is 236 g/mol. The Morgan fingerprint density at radius 1 is 0.833 bits per heavy atom. The van der Waals surface area contributed by atoms with Crippen molar-refractivity contribution in [2.24, 2.45) is 0 Å². The lowest BCUT2D eigenvalue weighted by Gasteiger charge is -2.03. The standard InChI is InChI=1S/C12H16N2O4/c13-7-3-9-17-11(15)5-1-2-6-12(16)18-10-4-8-14/h1-6,9-10H2. The maximum atomic E-state index is 11.1. The van der Waals surface area contributed by atoms with Crippen LogP contribution in [0.1, 0.15) is 38.5 Å². The van der Waals surface area contributed by atoms with Gasteiger partial charge in [-0.05, 0) is 12.8 Å². The summed E-state index contributed by atoms with van der Waals surface area (Å²) in [6.07, 6.45) is 1.93. The maximum absolute atomic E-state index is 11.1. The number of nitrogens with zero attached hydrogens (tertiary/aromatic N) is 2. The molecule has 0 aliphatic carbocycles. The van der Waals surface area contributed by atoms with Crippen molar-refractivity contribution < 1.29 is 19.1 Å². The molecule has 0 atom stereocenters. The topological polar surface area (TPSA) is 100 Å². The monoisotopic (exact) mass is 252 g/mol. The largest absolute Gasteiger partial charge is 0.465 e. The molecule has 0 heterocycles. The van der Waals surface area contributed by atoms with Gasteiger partial charge in [0.2, 0.25) is 0 Å². The molecule has 0 bridgehead atoms. The third-order valence-electron chi connectivity index (χ3n) is 1.97. The van der Waals surface area contributed by atoms with Crippen LogP contribution >= 0.6 is 0 Å². The molecule has 0 fully saturated rings. The molecule has 0 N–H and O–H groups in total. The van der Waals surface area contributed by atoms with Crippen molar-refractivity contribution in [2.75, 3.05) is 13.2 Å². The summed E-state index contributed by atoms with van der Waals surface area (Å²) < 4.78 is 9.51. The van der Waals surface area contributed by atoms with E-state index < -0.39 is 0 Å². The molecule has 0 radical (unpaired) electrons. The number of ether oxygens (including phenoxy) is 2. The number of hydrogen-bond donors (Lipinski definition) is 0. The number of unbranched alkanes of at least 4 members (excludes halogenated alkanes) is 1. The molecule has 0 saturated carbocycles. The summed E-state index contributed by atoms with van der Waals surface area (Å²) in [7, 11) is 0. The first kappa shape index (κ1) is 15.9. The highest BCUT2D eigenvalue weighted by Gasteiger charge is 2.05. The highest BCUT2D eigenvalue weighted by molar-refractivity contribution is 5.70. The van der Waals surface area contributed by atoms with Gasteiger partial charge in [0.15, 0.2) is 0 Å². The van der Waals surface area contributed by atoms with Crippen LogP contribution in [0.15, 0.2) is 0 Å². The lowest BCUT2D eigenvalue weighted by atomic mass is 10.2. The molecular formula is C12H16N2O4. The fourth-order valence-electron chi connectivity index (χ4n) is 1.10. The second-order valence-corrected chi connectivity index (χ2v) is 3.46. The molecule has 0 aliphatic rings. The van der Waals surface area contributed by atoms with E-state index in [0.717, 1.165) is 0 Å². The molecule has 98 valence electrons. The van der Waals surface area contributed by atoms with Gasteiger partial charge in [0, 0.05) is 12.8 Å². The molecule has 6 heteroatoms. The molecule has 0 aromatic heterocycles. The average Bonchev–Trinajstić information content (AvgIpc) is 2.35. The normalized spacial score (nSPS) is 9.00. The fourth-order valence-corrected chi connectivity index (χ4v) is 1.10. The van der Waals surface area contributed by atoms with Gasteiger partial charge in [-0.25, -0.2) is 0 Å². The summed E-state index contributed by atoms with van der Waals surface area (Å²) in [6, 6.07) is 3.74. The molecule has 0 amide bonds. The predicted octanol–water partition coefficient (Wildman–Crippen LogP) is 1.46. The molecule has 0 spiro atoms. The van der Waals surface area contributed by atoms with Crippen molar-refractivity contribution in [2.45, 2.75) is 38.5 Å². The van der Waals surface area contributed by atoms with Crippen LogP contribution in [0.3, 0.4) is 0 Å². The minimum absolute atomic E-state index is 0.117. The van der Waals surface area contributed by atoms with Crippen LogP contribution < -0.4 is 0 Å². The molecule has 0 rings (SSSR count). The van der Waals surface area contributed by atoms with E-state index in [0.29, 0.717) is 12.8 Å². The lowest BCUT2D eigenvalue weighted by Crippen LogP contribution is -2.07. The molecule has 0 aromatic carbocycles. The Labute approximate surface area is 106 Å². The van der Waals surface area contributed by atoms with Gasteiger partial charge in [0.25, 0.3) is 0 Å². The molecule has 6 nitrogen and oxygen atoms in total. The summed E-state index contributed by atoms with van der Waals surface area (Å²) in [4.78, 5) is 22.2. The molecule has 0 aliphatic heterocycles. The van der Waals surface area contributed by atoms with E-state index in [4.69, 9.17) is 20.0 Å². The first-order valence-corrected chi connectivity index (χ1v) is 5.76. The molecule has 18 heavy (non-hydrogen) atoms. The van der Waals surface area contributed by atoms with E-state index in [1.807, 2.05) is 12.1 Å². The van der Waals surface area contributed by atoms with E-state index in [9.17, 15) is 9.59 Å². The number of nitriles is 2. The van der Waals surface area contributed by atoms with Crippen molar-refractivity contribution >= 4 is 11.9 Å². The number of carbonyl (C=O) groups excluding carboxylic acids is 2. The summed E-state index contributed by atoms with van der Waals surface area (Å²) >= 11 is 0. The zero-order chi connectivity index (χ0) is 13.6. The van der Waals surface area contributed by atoms with Gasteiger partial charge in [-0.15, -0.1) is 0 Å². The van der Waals surface area contributed by atoms with E-state index in [1.54, 1.807) is 0 Å². The fraction of sp³-hybridized carbons (Fsp3) is 0.667. The Hall–Kier alpha value is -2.08. The van der Waals surface area contributed by atoms with Crippen LogP contribution in [0.4, 0.5) is 0 Å². The van der Waals surface area contributed by atoms with Crippen LogP contribution in [0, 0.1) is 22.7 Å². The maximum Gasteiger partial charge on any atom is 0.305 e. The van der Waals surface area contributed by atoms with Gasteiger partial charge in [0.05, 0.1) is 25.0 Å². The van der Waals surface area contributed by atoms with Crippen molar-refractivity contribution in [1.82, 2.24) is 0 Å².